The molecule has 0 saturated carbocycles. The highest BCUT2D eigenvalue weighted by Crippen LogP contribution is 2.31. The van der Waals surface area contributed by atoms with E-state index in [1.54, 1.807) is 18.3 Å². The molecule has 3 aromatic rings. The van der Waals surface area contributed by atoms with Gasteiger partial charge in [0.15, 0.2) is 22.1 Å². The van der Waals surface area contributed by atoms with Gasteiger partial charge in [-0.25, -0.2) is 24.7 Å². The number of hydrogen-bond acceptors (Lipinski definition) is 9. The van der Waals surface area contributed by atoms with E-state index in [4.69, 9.17) is 10.5 Å². The van der Waals surface area contributed by atoms with Crippen LogP contribution in [-0.2, 0) is 16.1 Å². The lowest BCUT2D eigenvalue weighted by Crippen LogP contribution is -2.32. The molecule has 0 bridgehead atoms. The number of hydrogen-bond donors (Lipinski definition) is 1. The van der Waals surface area contributed by atoms with E-state index in [0.29, 0.717) is 45.2 Å². The molecule has 3 aromatic heterocycles. The lowest BCUT2D eigenvalue weighted by atomic mass is 9.94. The monoisotopic (exact) mass is 441 g/mol. The van der Waals surface area contributed by atoms with E-state index in [0.717, 1.165) is 38.8 Å². The highest BCUT2D eigenvalue weighted by Gasteiger charge is 2.21. The van der Waals surface area contributed by atoms with Gasteiger partial charge < -0.3 is 19.9 Å². The maximum absolute atomic E-state index is 11.9. The Kier molecular flexibility index (Phi) is 6.31. The molecule has 31 heavy (non-hydrogen) atoms. The van der Waals surface area contributed by atoms with Crippen LogP contribution in [0.25, 0.3) is 11.2 Å². The summed E-state index contributed by atoms with van der Waals surface area (Å²) in [4.78, 5) is 42.1. The van der Waals surface area contributed by atoms with Crippen molar-refractivity contribution in [2.75, 3.05) is 25.9 Å². The number of anilines is 1. The van der Waals surface area contributed by atoms with Gasteiger partial charge in [-0.3, -0.25) is 4.79 Å². The minimum absolute atomic E-state index is 0.321. The number of pyridine rings is 1. The van der Waals surface area contributed by atoms with Crippen LogP contribution in [0, 0.1) is 5.92 Å². The first-order valence-corrected chi connectivity index (χ1v) is 10.8. The maximum Gasteiger partial charge on any atom is 0.337 e. The van der Waals surface area contributed by atoms with Crippen molar-refractivity contribution in [3.63, 3.8) is 0 Å². The molecule has 0 atom stereocenters. The summed E-state index contributed by atoms with van der Waals surface area (Å²) in [5.74, 6) is 0.419. The number of imidazole rings is 1. The SMILES string of the molecule is COC(=O)c1ccnc(Sc2nc3c(N)ncnc3n2CCC2CCN(C=O)CC2)c1. The molecular formula is C20H23N7O3S. The van der Waals surface area contributed by atoms with Crippen molar-refractivity contribution in [1.82, 2.24) is 29.4 Å². The fraction of sp³-hybridized carbons (Fsp3) is 0.400. The topological polar surface area (TPSA) is 129 Å². The van der Waals surface area contributed by atoms with Crippen LogP contribution in [0.2, 0.25) is 0 Å². The van der Waals surface area contributed by atoms with Gasteiger partial charge in [0, 0.05) is 25.8 Å². The first-order valence-electron chi connectivity index (χ1n) is 9.97. The van der Waals surface area contributed by atoms with Crippen molar-refractivity contribution in [1.29, 1.82) is 0 Å². The third-order valence-corrected chi connectivity index (χ3v) is 6.36. The van der Waals surface area contributed by atoms with Crippen molar-refractivity contribution in [2.24, 2.45) is 5.92 Å². The smallest absolute Gasteiger partial charge is 0.337 e. The molecule has 1 amide bonds. The van der Waals surface area contributed by atoms with Gasteiger partial charge in [0.1, 0.15) is 11.4 Å². The minimum atomic E-state index is -0.422. The van der Waals surface area contributed by atoms with E-state index < -0.39 is 5.97 Å². The fourth-order valence-corrected chi connectivity index (χ4v) is 4.59. The average molecular weight is 442 g/mol. The number of esters is 1. The van der Waals surface area contributed by atoms with Gasteiger partial charge in [-0.2, -0.15) is 0 Å². The zero-order valence-corrected chi connectivity index (χ0v) is 17.9. The second-order valence-corrected chi connectivity index (χ2v) is 8.31. The Balaban J connectivity index is 1.59. The van der Waals surface area contributed by atoms with Crippen molar-refractivity contribution in [3.05, 3.63) is 30.2 Å². The molecule has 10 nitrogen and oxygen atoms in total. The Morgan fingerprint density at radius 1 is 1.32 bits per heavy atom. The summed E-state index contributed by atoms with van der Waals surface area (Å²) in [6.45, 7) is 2.29. The van der Waals surface area contributed by atoms with Gasteiger partial charge in [0.05, 0.1) is 12.7 Å². The molecule has 1 aliphatic heterocycles. The molecule has 0 aliphatic carbocycles. The number of ether oxygens (including phenoxy) is 1. The van der Waals surface area contributed by atoms with E-state index in [1.807, 2.05) is 9.47 Å². The maximum atomic E-state index is 11.9. The van der Waals surface area contributed by atoms with Crippen molar-refractivity contribution in [2.45, 2.75) is 36.0 Å². The molecule has 0 aromatic carbocycles. The van der Waals surface area contributed by atoms with Gasteiger partial charge in [0.25, 0.3) is 0 Å². The fourth-order valence-electron chi connectivity index (χ4n) is 3.68. The number of fused-ring (bicyclic) bond motifs is 1. The van der Waals surface area contributed by atoms with Gasteiger partial charge in [-0.15, -0.1) is 0 Å². The van der Waals surface area contributed by atoms with Gasteiger partial charge in [-0.1, -0.05) is 0 Å². The summed E-state index contributed by atoms with van der Waals surface area (Å²) < 4.78 is 6.82. The molecular weight excluding hydrogens is 418 g/mol. The number of nitrogens with two attached hydrogens (primary N) is 1. The Morgan fingerprint density at radius 3 is 2.87 bits per heavy atom. The number of rotatable bonds is 7. The van der Waals surface area contributed by atoms with Crippen molar-refractivity contribution in [3.8, 4) is 0 Å². The third-order valence-electron chi connectivity index (χ3n) is 5.44. The predicted octanol–water partition coefficient (Wildman–Crippen LogP) is 2.00. The summed E-state index contributed by atoms with van der Waals surface area (Å²) in [7, 11) is 1.34. The molecule has 1 saturated heterocycles. The Morgan fingerprint density at radius 2 is 2.13 bits per heavy atom. The zero-order valence-electron chi connectivity index (χ0n) is 17.1. The first kappa shape index (κ1) is 21.0. The highest BCUT2D eigenvalue weighted by molar-refractivity contribution is 7.99. The van der Waals surface area contributed by atoms with Crippen LogP contribution in [0.4, 0.5) is 5.82 Å². The van der Waals surface area contributed by atoms with E-state index in [9.17, 15) is 9.59 Å². The predicted molar refractivity (Wildman–Crippen MR) is 114 cm³/mol. The molecule has 1 fully saturated rings. The lowest BCUT2D eigenvalue weighted by Gasteiger charge is -2.29. The second kappa shape index (κ2) is 9.29. The molecule has 162 valence electrons. The number of aromatic nitrogens is 5. The number of carbonyl (C=O) groups excluding carboxylic acids is 2. The largest absolute Gasteiger partial charge is 0.465 e. The van der Waals surface area contributed by atoms with Gasteiger partial charge in [-0.05, 0) is 49.1 Å². The van der Waals surface area contributed by atoms with Crippen LogP contribution in [0.15, 0.2) is 34.8 Å². The number of methoxy groups -OCH3 is 1. The normalized spacial score (nSPS) is 14.7. The summed E-state index contributed by atoms with van der Waals surface area (Å²) in [5, 5.41) is 1.30. The van der Waals surface area contributed by atoms with Crippen molar-refractivity contribution >= 4 is 41.1 Å². The second-order valence-electron chi connectivity index (χ2n) is 7.33. The molecule has 4 rings (SSSR count). The summed E-state index contributed by atoms with van der Waals surface area (Å²) in [6, 6.07) is 3.28. The van der Waals surface area contributed by atoms with Crippen LogP contribution in [0.1, 0.15) is 29.6 Å². The molecule has 2 N–H and O–H groups in total. The first-order chi connectivity index (χ1) is 15.1. The number of nitrogen functional groups attached to an aromatic ring is 1. The number of likely N-dealkylation sites (tertiary alicyclic amines) is 1. The summed E-state index contributed by atoms with van der Waals surface area (Å²) in [5.41, 5.74) is 7.67. The number of aryl methyl sites for hydroxylation is 1. The van der Waals surface area contributed by atoms with Gasteiger partial charge >= 0.3 is 5.97 Å². The Hall–Kier alpha value is -3.21. The molecule has 0 spiro atoms. The average Bonchev–Trinajstić information content (AvgIpc) is 3.16. The Labute approximate surface area is 183 Å². The van der Waals surface area contributed by atoms with Crippen LogP contribution < -0.4 is 5.73 Å². The molecule has 1 aliphatic rings. The lowest BCUT2D eigenvalue weighted by molar-refractivity contribution is -0.119. The molecule has 0 radical (unpaired) electrons. The molecule has 11 heteroatoms. The van der Waals surface area contributed by atoms with Crippen molar-refractivity contribution < 1.29 is 14.3 Å². The van der Waals surface area contributed by atoms with Crippen LogP contribution in [0.5, 0.6) is 0 Å². The molecule has 4 heterocycles. The van der Waals surface area contributed by atoms with Crippen LogP contribution >= 0.6 is 11.8 Å². The Bertz CT molecular complexity index is 1100. The highest BCUT2D eigenvalue weighted by atomic mass is 32.2. The number of piperidine rings is 1. The van der Waals surface area contributed by atoms with E-state index >= 15 is 0 Å². The van der Waals surface area contributed by atoms with E-state index in [1.165, 1.54) is 25.2 Å². The van der Waals surface area contributed by atoms with Crippen LogP contribution in [-0.4, -0.2) is 62.0 Å². The molecule has 0 unspecified atom stereocenters. The minimum Gasteiger partial charge on any atom is -0.465 e. The van der Waals surface area contributed by atoms with E-state index in [2.05, 4.69) is 19.9 Å². The van der Waals surface area contributed by atoms with Gasteiger partial charge in [0.2, 0.25) is 6.41 Å². The number of nitrogens with zero attached hydrogens (tertiary/aromatic N) is 6. The number of carbonyl (C=O) groups is 2. The zero-order chi connectivity index (χ0) is 21.8. The third kappa shape index (κ3) is 4.61. The summed E-state index contributed by atoms with van der Waals surface area (Å²) >= 11 is 1.34. The standard InChI is InChI=1S/C20H23N7O3S/c1-30-19(29)14-2-6-22-15(10-14)31-20-25-16-17(21)23-11-24-18(16)27(20)9-5-13-3-7-26(12-28)8-4-13/h2,6,10-13H,3-5,7-9H2,1H3,(H2,21,23,24). The van der Waals surface area contributed by atoms with Crippen LogP contribution in [0.3, 0.4) is 0 Å². The number of amides is 1. The van der Waals surface area contributed by atoms with E-state index in [-0.39, 0.29) is 0 Å². The summed E-state index contributed by atoms with van der Waals surface area (Å²) in [6.07, 6.45) is 6.82. The quantitative estimate of drug-likeness (QED) is 0.432.